The maximum Gasteiger partial charge on any atom is 0.228 e. The van der Waals surface area contributed by atoms with Crippen LogP contribution in [-0.4, -0.2) is 56.7 Å². The molecule has 4 rings (SSSR count). The molecule has 1 saturated heterocycles. The van der Waals surface area contributed by atoms with E-state index in [-0.39, 0.29) is 18.2 Å². The van der Waals surface area contributed by atoms with E-state index in [1.807, 2.05) is 50.2 Å². The summed E-state index contributed by atoms with van der Waals surface area (Å²) in [4.78, 5) is 29.5. The molecule has 2 aromatic rings. The van der Waals surface area contributed by atoms with Crippen molar-refractivity contribution in [1.29, 1.82) is 0 Å². The normalized spacial score (nSPS) is 17.1. The van der Waals surface area contributed by atoms with Crippen molar-refractivity contribution in [3.05, 3.63) is 42.0 Å². The molecule has 0 spiro atoms. The molecule has 1 unspecified atom stereocenters. The van der Waals surface area contributed by atoms with Crippen molar-refractivity contribution >= 4 is 17.5 Å². The number of hydrogen-bond donors (Lipinski definition) is 0. The van der Waals surface area contributed by atoms with E-state index in [4.69, 9.17) is 18.9 Å². The zero-order chi connectivity index (χ0) is 23.4. The zero-order valence-corrected chi connectivity index (χ0v) is 19.3. The first kappa shape index (κ1) is 22.8. The lowest BCUT2D eigenvalue weighted by Gasteiger charge is -2.25. The van der Waals surface area contributed by atoms with Crippen LogP contribution in [0.4, 0.5) is 5.69 Å². The predicted molar refractivity (Wildman–Crippen MR) is 123 cm³/mol. The highest BCUT2D eigenvalue weighted by Gasteiger charge is 2.37. The predicted octanol–water partition coefficient (Wildman–Crippen LogP) is 3.27. The number of carbonyl (C=O) groups excluding carboxylic acids is 2. The molecule has 176 valence electrons. The second-order valence-corrected chi connectivity index (χ2v) is 8.00. The summed E-state index contributed by atoms with van der Waals surface area (Å²) in [7, 11) is 1.60. The number of benzene rings is 2. The van der Waals surface area contributed by atoms with Gasteiger partial charge in [-0.3, -0.25) is 9.59 Å². The van der Waals surface area contributed by atoms with Gasteiger partial charge < -0.3 is 28.7 Å². The van der Waals surface area contributed by atoms with Crippen LogP contribution in [0, 0.1) is 5.92 Å². The average molecular weight is 455 g/mol. The quantitative estimate of drug-likeness (QED) is 0.609. The van der Waals surface area contributed by atoms with E-state index in [1.165, 1.54) is 0 Å². The van der Waals surface area contributed by atoms with Gasteiger partial charge in [0.25, 0.3) is 0 Å². The molecule has 0 bridgehead atoms. The number of fused-ring (bicyclic) bond motifs is 1. The summed E-state index contributed by atoms with van der Waals surface area (Å²) in [6.45, 7) is 6.73. The first-order chi connectivity index (χ1) is 16.0. The minimum absolute atomic E-state index is 0.0289. The lowest BCUT2D eigenvalue weighted by Crippen LogP contribution is -2.37. The molecular formula is C25H30N2O6. The van der Waals surface area contributed by atoms with Gasteiger partial charge in [0.05, 0.1) is 19.6 Å². The largest absolute Gasteiger partial charge is 0.493 e. The summed E-state index contributed by atoms with van der Waals surface area (Å²) in [5.74, 6) is 2.12. The Labute approximate surface area is 194 Å². The topological polar surface area (TPSA) is 77.5 Å². The third-order valence-electron chi connectivity index (χ3n) is 5.91. The summed E-state index contributed by atoms with van der Waals surface area (Å²) in [5.41, 5.74) is 1.66. The smallest absolute Gasteiger partial charge is 0.228 e. The van der Waals surface area contributed by atoms with Gasteiger partial charge in [0.2, 0.25) is 11.8 Å². The Hall–Kier alpha value is -3.42. The fraction of sp³-hybridized carbons (Fsp3) is 0.440. The molecule has 2 aromatic carbocycles. The van der Waals surface area contributed by atoms with Gasteiger partial charge in [-0.05, 0) is 43.7 Å². The Morgan fingerprint density at radius 2 is 1.88 bits per heavy atom. The Kier molecular flexibility index (Phi) is 6.91. The van der Waals surface area contributed by atoms with Crippen LogP contribution in [-0.2, 0) is 16.1 Å². The molecule has 1 atom stereocenters. The first-order valence-corrected chi connectivity index (χ1v) is 11.3. The summed E-state index contributed by atoms with van der Waals surface area (Å²) in [6.07, 6.45) is 0.191. The molecule has 0 aromatic heterocycles. The van der Waals surface area contributed by atoms with Gasteiger partial charge in [0.15, 0.2) is 23.0 Å². The molecular weight excluding hydrogens is 424 g/mol. The maximum absolute atomic E-state index is 13.3. The van der Waals surface area contributed by atoms with Gasteiger partial charge in [-0.1, -0.05) is 6.07 Å². The van der Waals surface area contributed by atoms with Crippen LogP contribution >= 0.6 is 0 Å². The fourth-order valence-corrected chi connectivity index (χ4v) is 4.23. The average Bonchev–Trinajstić information content (AvgIpc) is 3.24. The summed E-state index contributed by atoms with van der Waals surface area (Å²) in [6, 6.07) is 11.1. The number of nitrogens with zero attached hydrogens (tertiary/aromatic N) is 2. The zero-order valence-electron chi connectivity index (χ0n) is 19.3. The number of rotatable bonds is 8. The Morgan fingerprint density at radius 3 is 2.61 bits per heavy atom. The minimum atomic E-state index is -0.393. The highest BCUT2D eigenvalue weighted by atomic mass is 16.6. The summed E-state index contributed by atoms with van der Waals surface area (Å²) < 4.78 is 22.2. The summed E-state index contributed by atoms with van der Waals surface area (Å²) >= 11 is 0. The molecule has 8 heteroatoms. The minimum Gasteiger partial charge on any atom is -0.493 e. The van der Waals surface area contributed by atoms with Gasteiger partial charge in [-0.2, -0.15) is 0 Å². The first-order valence-electron chi connectivity index (χ1n) is 11.3. The monoisotopic (exact) mass is 454 g/mol. The van der Waals surface area contributed by atoms with Crippen molar-refractivity contribution in [3.8, 4) is 23.0 Å². The van der Waals surface area contributed by atoms with Crippen LogP contribution in [0.2, 0.25) is 0 Å². The van der Waals surface area contributed by atoms with Gasteiger partial charge >= 0.3 is 0 Å². The second kappa shape index (κ2) is 10.0. The Bertz CT molecular complexity index is 1020. The number of anilines is 1. The van der Waals surface area contributed by atoms with Gasteiger partial charge in [0, 0.05) is 37.8 Å². The molecule has 2 heterocycles. The highest BCUT2D eigenvalue weighted by Crippen LogP contribution is 2.36. The van der Waals surface area contributed by atoms with Crippen LogP contribution in [0.1, 0.15) is 25.8 Å². The van der Waals surface area contributed by atoms with E-state index >= 15 is 0 Å². The Morgan fingerprint density at radius 1 is 1.09 bits per heavy atom. The molecule has 0 saturated carbocycles. The van der Waals surface area contributed by atoms with Crippen molar-refractivity contribution in [2.45, 2.75) is 26.8 Å². The van der Waals surface area contributed by atoms with E-state index in [1.54, 1.807) is 16.9 Å². The van der Waals surface area contributed by atoms with Crippen LogP contribution in [0.3, 0.4) is 0 Å². The third kappa shape index (κ3) is 4.84. The van der Waals surface area contributed by atoms with Crippen LogP contribution < -0.4 is 23.8 Å². The van der Waals surface area contributed by atoms with Crippen LogP contribution in [0.5, 0.6) is 23.0 Å². The number of amides is 2. The molecule has 0 radical (unpaired) electrons. The van der Waals surface area contributed by atoms with Crippen LogP contribution in [0.25, 0.3) is 0 Å². The van der Waals surface area contributed by atoms with Gasteiger partial charge in [-0.25, -0.2) is 0 Å². The fourth-order valence-electron chi connectivity index (χ4n) is 4.23. The summed E-state index contributed by atoms with van der Waals surface area (Å²) in [5, 5.41) is 0. The van der Waals surface area contributed by atoms with E-state index in [0.717, 1.165) is 11.3 Å². The van der Waals surface area contributed by atoms with Crippen molar-refractivity contribution in [2.24, 2.45) is 5.92 Å². The molecule has 1 fully saturated rings. The number of hydrogen-bond acceptors (Lipinski definition) is 6. The number of carbonyl (C=O) groups is 2. The molecule has 33 heavy (non-hydrogen) atoms. The second-order valence-electron chi connectivity index (χ2n) is 8.00. The van der Waals surface area contributed by atoms with Gasteiger partial charge in [0.1, 0.15) is 13.2 Å². The number of methoxy groups -OCH3 is 1. The lowest BCUT2D eigenvalue weighted by atomic mass is 10.1. The lowest BCUT2D eigenvalue weighted by molar-refractivity contribution is -0.136. The number of ether oxygens (including phenoxy) is 4. The van der Waals surface area contributed by atoms with E-state index in [0.29, 0.717) is 62.5 Å². The molecule has 0 N–H and O–H groups in total. The van der Waals surface area contributed by atoms with Crippen LogP contribution in [0.15, 0.2) is 36.4 Å². The van der Waals surface area contributed by atoms with E-state index < -0.39 is 5.92 Å². The third-order valence-corrected chi connectivity index (χ3v) is 5.91. The molecule has 8 nitrogen and oxygen atoms in total. The molecule has 0 aliphatic carbocycles. The maximum atomic E-state index is 13.3. The van der Waals surface area contributed by atoms with E-state index in [2.05, 4.69) is 0 Å². The van der Waals surface area contributed by atoms with Crippen molar-refractivity contribution in [2.75, 3.05) is 44.9 Å². The molecule has 2 amide bonds. The van der Waals surface area contributed by atoms with Crippen molar-refractivity contribution < 1.29 is 28.5 Å². The van der Waals surface area contributed by atoms with Crippen molar-refractivity contribution in [3.63, 3.8) is 0 Å². The molecule has 2 aliphatic heterocycles. The van der Waals surface area contributed by atoms with Crippen molar-refractivity contribution in [1.82, 2.24) is 4.90 Å². The van der Waals surface area contributed by atoms with Gasteiger partial charge in [-0.15, -0.1) is 0 Å². The SMILES string of the molecule is CCOc1ccc(CN(CC)C(=O)C2CC(=O)N(c3ccc4c(c3)OCCO4)C2)cc1OC. The van der Waals surface area contributed by atoms with E-state index in [9.17, 15) is 9.59 Å². The molecule has 2 aliphatic rings. The highest BCUT2D eigenvalue weighted by molar-refractivity contribution is 6.00. The Balaban J connectivity index is 1.45. The standard InChI is InChI=1S/C25H30N2O6/c1-4-26(15-17-6-8-20(31-5-2)22(12-17)30-3)25(29)18-13-24(28)27(16-18)19-7-9-21-23(14-19)33-11-10-32-21/h6-9,12,14,18H,4-5,10-11,13,15-16H2,1-3H3.